The largest absolute Gasteiger partial charge is 0.465 e. The standard InChI is InChI=1S/C28H23N3O3/c1-2-31-25-13-7-6-12-22(25)23-17-20(14-15-26(23)31)29-28(33)24(18-21-11-8-16-34-21)30-27(32)19-9-4-3-5-10-19/h3-18H,2H2,1H3,(H,29,33)(H,30,32)/b24-18-. The van der Waals surface area contributed by atoms with Gasteiger partial charge in [0.15, 0.2) is 0 Å². The zero-order chi connectivity index (χ0) is 23.5. The van der Waals surface area contributed by atoms with Gasteiger partial charge in [0.25, 0.3) is 11.8 Å². The van der Waals surface area contributed by atoms with E-state index in [0.29, 0.717) is 17.0 Å². The third-order valence-corrected chi connectivity index (χ3v) is 5.71. The van der Waals surface area contributed by atoms with Crippen LogP contribution in [-0.4, -0.2) is 16.4 Å². The van der Waals surface area contributed by atoms with Gasteiger partial charge in [-0.15, -0.1) is 0 Å². The highest BCUT2D eigenvalue weighted by Gasteiger charge is 2.17. The number of fused-ring (bicyclic) bond motifs is 3. The maximum Gasteiger partial charge on any atom is 0.272 e. The molecule has 3 aromatic carbocycles. The van der Waals surface area contributed by atoms with Crippen LogP contribution in [0, 0.1) is 0 Å². The topological polar surface area (TPSA) is 76.3 Å². The summed E-state index contributed by atoms with van der Waals surface area (Å²) in [6.07, 6.45) is 3.02. The lowest BCUT2D eigenvalue weighted by Crippen LogP contribution is -2.30. The van der Waals surface area contributed by atoms with Crippen molar-refractivity contribution in [1.29, 1.82) is 0 Å². The van der Waals surface area contributed by atoms with Crippen molar-refractivity contribution < 1.29 is 14.0 Å². The molecule has 5 rings (SSSR count). The molecule has 2 amide bonds. The highest BCUT2D eigenvalue weighted by Crippen LogP contribution is 2.31. The van der Waals surface area contributed by atoms with Gasteiger partial charge in [0.05, 0.1) is 6.26 Å². The van der Waals surface area contributed by atoms with Crippen molar-refractivity contribution >= 4 is 45.4 Å². The third kappa shape index (κ3) is 4.09. The van der Waals surface area contributed by atoms with Crippen molar-refractivity contribution in [3.63, 3.8) is 0 Å². The number of furan rings is 1. The first kappa shape index (κ1) is 21.3. The number of rotatable bonds is 6. The van der Waals surface area contributed by atoms with E-state index in [2.05, 4.69) is 34.3 Å². The summed E-state index contributed by atoms with van der Waals surface area (Å²) in [6.45, 7) is 2.96. The van der Waals surface area contributed by atoms with Crippen molar-refractivity contribution in [3.05, 3.63) is 108 Å². The minimum atomic E-state index is -0.445. The predicted molar refractivity (Wildman–Crippen MR) is 134 cm³/mol. The maximum atomic E-state index is 13.2. The van der Waals surface area contributed by atoms with E-state index in [4.69, 9.17) is 4.42 Å². The highest BCUT2D eigenvalue weighted by atomic mass is 16.3. The fourth-order valence-corrected chi connectivity index (χ4v) is 4.13. The normalized spacial score (nSPS) is 11.6. The number of aryl methyl sites for hydroxylation is 1. The van der Waals surface area contributed by atoms with Crippen molar-refractivity contribution in [2.24, 2.45) is 0 Å². The Kier molecular flexibility index (Phi) is 5.70. The summed E-state index contributed by atoms with van der Waals surface area (Å²) in [5.74, 6) is -0.366. The van der Waals surface area contributed by atoms with Gasteiger partial charge in [-0.3, -0.25) is 9.59 Å². The molecule has 2 N–H and O–H groups in total. The molecule has 2 aromatic heterocycles. The summed E-state index contributed by atoms with van der Waals surface area (Å²) in [6, 6.07) is 26.2. The molecule has 0 radical (unpaired) electrons. The number of nitrogens with zero attached hydrogens (tertiary/aromatic N) is 1. The Labute approximate surface area is 196 Å². The molecule has 6 nitrogen and oxygen atoms in total. The van der Waals surface area contributed by atoms with Crippen LogP contribution in [0.4, 0.5) is 5.69 Å². The molecule has 2 heterocycles. The van der Waals surface area contributed by atoms with Gasteiger partial charge in [-0.25, -0.2) is 0 Å². The van der Waals surface area contributed by atoms with Crippen molar-refractivity contribution in [2.45, 2.75) is 13.5 Å². The van der Waals surface area contributed by atoms with Crippen LogP contribution in [-0.2, 0) is 11.3 Å². The van der Waals surface area contributed by atoms with Gasteiger partial charge in [0, 0.05) is 45.7 Å². The number of anilines is 1. The van der Waals surface area contributed by atoms with Crippen molar-refractivity contribution in [1.82, 2.24) is 9.88 Å². The highest BCUT2D eigenvalue weighted by molar-refractivity contribution is 6.13. The lowest BCUT2D eigenvalue weighted by molar-refractivity contribution is -0.113. The van der Waals surface area contributed by atoms with Gasteiger partial charge in [-0.05, 0) is 55.5 Å². The number of para-hydroxylation sites is 1. The number of hydrogen-bond acceptors (Lipinski definition) is 3. The van der Waals surface area contributed by atoms with E-state index in [1.807, 2.05) is 36.4 Å². The van der Waals surface area contributed by atoms with Crippen molar-refractivity contribution in [3.8, 4) is 0 Å². The van der Waals surface area contributed by atoms with E-state index in [1.54, 1.807) is 36.4 Å². The Morgan fingerprint density at radius 1 is 0.882 bits per heavy atom. The first-order valence-electron chi connectivity index (χ1n) is 11.1. The third-order valence-electron chi connectivity index (χ3n) is 5.71. The zero-order valence-corrected chi connectivity index (χ0v) is 18.6. The quantitative estimate of drug-likeness (QED) is 0.321. The van der Waals surface area contributed by atoms with Crippen LogP contribution >= 0.6 is 0 Å². The second kappa shape index (κ2) is 9.11. The second-order valence-electron chi connectivity index (χ2n) is 7.84. The zero-order valence-electron chi connectivity index (χ0n) is 18.6. The van der Waals surface area contributed by atoms with Crippen LogP contribution in [0.25, 0.3) is 27.9 Å². The molecule has 0 saturated carbocycles. The van der Waals surface area contributed by atoms with E-state index in [1.165, 1.54) is 12.3 Å². The Balaban J connectivity index is 1.47. The number of carbonyl (C=O) groups excluding carboxylic acids is 2. The lowest BCUT2D eigenvalue weighted by Gasteiger charge is -2.11. The minimum Gasteiger partial charge on any atom is -0.465 e. The van der Waals surface area contributed by atoms with Crippen molar-refractivity contribution in [2.75, 3.05) is 5.32 Å². The first-order chi connectivity index (χ1) is 16.6. The van der Waals surface area contributed by atoms with Crippen LogP contribution in [0.1, 0.15) is 23.0 Å². The maximum absolute atomic E-state index is 13.2. The van der Waals surface area contributed by atoms with Gasteiger partial charge < -0.3 is 19.6 Å². The molecule has 6 heteroatoms. The summed E-state index contributed by atoms with van der Waals surface area (Å²) >= 11 is 0. The molecule has 168 valence electrons. The van der Waals surface area contributed by atoms with Gasteiger partial charge in [0.1, 0.15) is 11.5 Å². The molecule has 0 bridgehead atoms. The van der Waals surface area contributed by atoms with Gasteiger partial charge in [0.2, 0.25) is 0 Å². The Morgan fingerprint density at radius 3 is 2.41 bits per heavy atom. The van der Waals surface area contributed by atoms with E-state index in [0.717, 1.165) is 28.4 Å². The minimum absolute atomic E-state index is 0.0832. The monoisotopic (exact) mass is 449 g/mol. The van der Waals surface area contributed by atoms with Crippen LogP contribution in [0.2, 0.25) is 0 Å². The molecule has 0 aliphatic heterocycles. The molecule has 0 spiro atoms. The molecule has 0 saturated heterocycles. The van der Waals surface area contributed by atoms with Crippen LogP contribution in [0.3, 0.4) is 0 Å². The van der Waals surface area contributed by atoms with Gasteiger partial charge in [-0.2, -0.15) is 0 Å². The van der Waals surface area contributed by atoms with E-state index >= 15 is 0 Å². The van der Waals surface area contributed by atoms with E-state index in [-0.39, 0.29) is 11.6 Å². The number of benzene rings is 3. The molecule has 5 aromatic rings. The molecule has 0 aliphatic carbocycles. The van der Waals surface area contributed by atoms with Gasteiger partial charge in [-0.1, -0.05) is 36.4 Å². The Morgan fingerprint density at radius 2 is 1.65 bits per heavy atom. The molecular weight excluding hydrogens is 426 g/mol. The molecule has 0 unspecified atom stereocenters. The fraction of sp³-hybridized carbons (Fsp3) is 0.0714. The molecule has 0 atom stereocenters. The fourth-order valence-electron chi connectivity index (χ4n) is 4.13. The summed E-state index contributed by atoms with van der Waals surface area (Å²) < 4.78 is 7.61. The number of nitrogens with one attached hydrogen (secondary N) is 2. The summed E-state index contributed by atoms with van der Waals surface area (Å²) in [5.41, 5.74) is 3.42. The van der Waals surface area contributed by atoms with Gasteiger partial charge >= 0.3 is 0 Å². The number of carbonyl (C=O) groups is 2. The summed E-state index contributed by atoms with van der Waals surface area (Å²) in [5, 5.41) is 7.82. The molecule has 34 heavy (non-hydrogen) atoms. The Bertz CT molecular complexity index is 1510. The van der Waals surface area contributed by atoms with Crippen LogP contribution in [0.5, 0.6) is 0 Å². The second-order valence-corrected chi connectivity index (χ2v) is 7.84. The first-order valence-corrected chi connectivity index (χ1v) is 11.1. The average molecular weight is 450 g/mol. The number of hydrogen-bond donors (Lipinski definition) is 2. The molecular formula is C28H23N3O3. The SMILES string of the molecule is CCn1c2ccccc2c2cc(NC(=O)/C(=C/c3ccco3)NC(=O)c3ccccc3)ccc21. The molecule has 0 fully saturated rings. The number of aromatic nitrogens is 1. The predicted octanol–water partition coefficient (Wildman–Crippen LogP) is 5.82. The van der Waals surface area contributed by atoms with Crippen LogP contribution < -0.4 is 10.6 Å². The van der Waals surface area contributed by atoms with E-state index < -0.39 is 5.91 Å². The van der Waals surface area contributed by atoms with E-state index in [9.17, 15) is 9.59 Å². The lowest BCUT2D eigenvalue weighted by atomic mass is 10.1. The number of amides is 2. The smallest absolute Gasteiger partial charge is 0.272 e. The van der Waals surface area contributed by atoms with Crippen LogP contribution in [0.15, 0.2) is 101 Å². The summed E-state index contributed by atoms with van der Waals surface area (Å²) in [4.78, 5) is 26.0. The Hall–Kier alpha value is -4.58. The summed E-state index contributed by atoms with van der Waals surface area (Å²) in [7, 11) is 0. The molecule has 0 aliphatic rings. The average Bonchev–Trinajstić information content (AvgIpc) is 3.49.